The van der Waals surface area contributed by atoms with Gasteiger partial charge in [0.05, 0.1) is 19.1 Å². The Hall–Kier alpha value is -3.04. The van der Waals surface area contributed by atoms with E-state index in [9.17, 15) is 0 Å². The molecule has 35 heavy (non-hydrogen) atoms. The zero-order chi connectivity index (χ0) is 24.4. The predicted molar refractivity (Wildman–Crippen MR) is 141 cm³/mol. The molecule has 3 aromatic rings. The van der Waals surface area contributed by atoms with E-state index in [0.717, 1.165) is 87.0 Å². The van der Waals surface area contributed by atoms with E-state index >= 15 is 0 Å². The standard InChI is InChI=1S/C26H37N7O2/c1-18(2)31-11-13-32(14-12-31)20-4-5-21(23(16-20)34-3)28-26-29-22-8-15-35-24(22)25(30-26)33-9-6-19(17-27)7-10-33/h4-5,8,15-16,18-19H,6-7,9-14,17,27H2,1-3H3,(H,28,29,30). The molecule has 3 N–H and O–H groups in total. The van der Waals surface area contributed by atoms with Crippen LogP contribution < -0.4 is 25.6 Å². The fourth-order valence-electron chi connectivity index (χ4n) is 5.10. The number of fused-ring (bicyclic) bond motifs is 1. The Balaban J connectivity index is 1.36. The number of piperidine rings is 1. The Labute approximate surface area is 207 Å². The topological polar surface area (TPSA) is 95.9 Å². The second-order valence-corrected chi connectivity index (χ2v) is 9.80. The smallest absolute Gasteiger partial charge is 0.230 e. The minimum absolute atomic E-state index is 0.534. The molecule has 2 aromatic heterocycles. The number of benzene rings is 1. The first-order valence-corrected chi connectivity index (χ1v) is 12.7. The summed E-state index contributed by atoms with van der Waals surface area (Å²) in [5.41, 5.74) is 9.41. The highest BCUT2D eigenvalue weighted by Crippen LogP contribution is 2.34. The average molecular weight is 480 g/mol. The first-order chi connectivity index (χ1) is 17.1. The molecule has 2 aliphatic heterocycles. The number of piperazine rings is 1. The first kappa shape index (κ1) is 23.7. The summed E-state index contributed by atoms with van der Waals surface area (Å²) in [4.78, 5) is 16.8. The number of ether oxygens (including phenoxy) is 1. The van der Waals surface area contributed by atoms with Crippen LogP contribution in [0.4, 0.5) is 23.1 Å². The van der Waals surface area contributed by atoms with Gasteiger partial charge in [-0.2, -0.15) is 4.98 Å². The molecular formula is C26H37N7O2. The second kappa shape index (κ2) is 10.3. The van der Waals surface area contributed by atoms with Crippen molar-refractivity contribution in [1.82, 2.24) is 14.9 Å². The van der Waals surface area contributed by atoms with Crippen molar-refractivity contribution in [3.63, 3.8) is 0 Å². The number of nitrogens with zero attached hydrogens (tertiary/aromatic N) is 5. The van der Waals surface area contributed by atoms with Crippen LogP contribution in [0.15, 0.2) is 34.9 Å². The van der Waals surface area contributed by atoms with Gasteiger partial charge in [-0.15, -0.1) is 0 Å². The quantitative estimate of drug-likeness (QED) is 0.526. The fraction of sp³-hybridized carbons (Fsp3) is 0.538. The molecule has 9 heteroatoms. The Bertz CT molecular complexity index is 1130. The minimum Gasteiger partial charge on any atom is -0.494 e. The molecule has 0 spiro atoms. The van der Waals surface area contributed by atoms with Crippen LogP contribution in [0.3, 0.4) is 0 Å². The third kappa shape index (κ3) is 5.01. The van der Waals surface area contributed by atoms with E-state index in [-0.39, 0.29) is 0 Å². The van der Waals surface area contributed by atoms with Gasteiger partial charge in [0.25, 0.3) is 0 Å². The zero-order valence-electron chi connectivity index (χ0n) is 21.0. The van der Waals surface area contributed by atoms with Crippen LogP contribution in [-0.2, 0) is 0 Å². The van der Waals surface area contributed by atoms with Crippen LogP contribution in [0.1, 0.15) is 26.7 Å². The van der Waals surface area contributed by atoms with Gasteiger partial charge < -0.3 is 30.0 Å². The van der Waals surface area contributed by atoms with Crippen molar-refractivity contribution in [1.29, 1.82) is 0 Å². The number of rotatable bonds is 7. The highest BCUT2D eigenvalue weighted by atomic mass is 16.5. The molecule has 2 fully saturated rings. The Morgan fingerprint density at radius 3 is 2.51 bits per heavy atom. The molecule has 0 unspecified atom stereocenters. The molecule has 0 amide bonds. The molecule has 5 rings (SSSR count). The van der Waals surface area contributed by atoms with Gasteiger partial charge in [-0.3, -0.25) is 4.90 Å². The number of hydrogen-bond acceptors (Lipinski definition) is 9. The number of anilines is 4. The van der Waals surface area contributed by atoms with E-state index in [1.807, 2.05) is 6.07 Å². The molecule has 0 aliphatic carbocycles. The third-order valence-electron chi connectivity index (χ3n) is 7.37. The highest BCUT2D eigenvalue weighted by Gasteiger charge is 2.24. The van der Waals surface area contributed by atoms with Gasteiger partial charge in [0, 0.05) is 63.1 Å². The molecule has 9 nitrogen and oxygen atoms in total. The summed E-state index contributed by atoms with van der Waals surface area (Å²) in [6, 6.07) is 8.77. The van der Waals surface area contributed by atoms with Crippen LogP contribution in [0, 0.1) is 5.92 Å². The average Bonchev–Trinajstić information content (AvgIpc) is 3.37. The number of aromatic nitrogens is 2. The lowest BCUT2D eigenvalue weighted by Crippen LogP contribution is -2.48. The molecular weight excluding hydrogens is 442 g/mol. The number of methoxy groups -OCH3 is 1. The van der Waals surface area contributed by atoms with Gasteiger partial charge >= 0.3 is 0 Å². The van der Waals surface area contributed by atoms with Gasteiger partial charge in [0.15, 0.2) is 11.4 Å². The fourth-order valence-corrected chi connectivity index (χ4v) is 5.10. The van der Waals surface area contributed by atoms with Crippen LogP contribution in [0.2, 0.25) is 0 Å². The van der Waals surface area contributed by atoms with Crippen molar-refractivity contribution in [2.45, 2.75) is 32.7 Å². The van der Waals surface area contributed by atoms with Gasteiger partial charge in [0.2, 0.25) is 5.95 Å². The lowest BCUT2D eigenvalue weighted by molar-refractivity contribution is 0.209. The lowest BCUT2D eigenvalue weighted by atomic mass is 9.97. The maximum Gasteiger partial charge on any atom is 0.230 e. The summed E-state index contributed by atoms with van der Waals surface area (Å²) in [7, 11) is 1.70. The summed E-state index contributed by atoms with van der Waals surface area (Å²) >= 11 is 0. The zero-order valence-corrected chi connectivity index (χ0v) is 21.0. The van der Waals surface area contributed by atoms with E-state index in [2.05, 4.69) is 52.1 Å². The Kier molecular flexibility index (Phi) is 6.97. The largest absolute Gasteiger partial charge is 0.494 e. The van der Waals surface area contributed by atoms with Crippen molar-refractivity contribution in [2.24, 2.45) is 11.7 Å². The van der Waals surface area contributed by atoms with Crippen LogP contribution >= 0.6 is 0 Å². The molecule has 0 radical (unpaired) electrons. The lowest BCUT2D eigenvalue weighted by Gasteiger charge is -2.38. The van der Waals surface area contributed by atoms with Crippen molar-refractivity contribution in [3.05, 3.63) is 30.5 Å². The highest BCUT2D eigenvalue weighted by molar-refractivity contribution is 5.86. The van der Waals surface area contributed by atoms with E-state index < -0.39 is 0 Å². The van der Waals surface area contributed by atoms with Crippen molar-refractivity contribution in [3.8, 4) is 5.75 Å². The van der Waals surface area contributed by atoms with Gasteiger partial charge in [-0.25, -0.2) is 4.98 Å². The normalized spacial score (nSPS) is 18.0. The molecule has 2 saturated heterocycles. The summed E-state index contributed by atoms with van der Waals surface area (Å²) < 4.78 is 11.5. The van der Waals surface area contributed by atoms with Crippen molar-refractivity contribution < 1.29 is 9.15 Å². The minimum atomic E-state index is 0.534. The van der Waals surface area contributed by atoms with E-state index in [1.54, 1.807) is 13.4 Å². The Morgan fingerprint density at radius 1 is 1.06 bits per heavy atom. The number of nitrogens with two attached hydrogens (primary N) is 1. The second-order valence-electron chi connectivity index (χ2n) is 9.80. The monoisotopic (exact) mass is 479 g/mol. The molecule has 1 aromatic carbocycles. The van der Waals surface area contributed by atoms with Crippen LogP contribution in [-0.4, -0.2) is 73.8 Å². The molecule has 0 bridgehead atoms. The third-order valence-corrected chi connectivity index (χ3v) is 7.37. The molecule has 188 valence electrons. The first-order valence-electron chi connectivity index (χ1n) is 12.7. The number of hydrogen-bond donors (Lipinski definition) is 2. The van der Waals surface area contributed by atoms with Crippen molar-refractivity contribution in [2.75, 3.05) is 68.0 Å². The van der Waals surface area contributed by atoms with Gasteiger partial charge in [-0.1, -0.05) is 0 Å². The van der Waals surface area contributed by atoms with E-state index in [4.69, 9.17) is 24.9 Å². The van der Waals surface area contributed by atoms with Gasteiger partial charge in [-0.05, 0) is 51.3 Å². The SMILES string of the molecule is COc1cc(N2CCN(C(C)C)CC2)ccc1Nc1nc(N2CCC(CN)CC2)c2occc2n1. The predicted octanol–water partition coefficient (Wildman–Crippen LogP) is 3.68. The molecule has 2 aliphatic rings. The molecule has 4 heterocycles. The molecule has 0 saturated carbocycles. The summed E-state index contributed by atoms with van der Waals surface area (Å²) in [5, 5.41) is 3.39. The maximum absolute atomic E-state index is 5.89. The molecule has 0 atom stereocenters. The van der Waals surface area contributed by atoms with Gasteiger partial charge in [0.1, 0.15) is 11.3 Å². The summed E-state index contributed by atoms with van der Waals surface area (Å²) in [6.07, 6.45) is 3.80. The Morgan fingerprint density at radius 2 is 1.83 bits per heavy atom. The van der Waals surface area contributed by atoms with Crippen molar-refractivity contribution >= 4 is 34.2 Å². The van der Waals surface area contributed by atoms with E-state index in [0.29, 0.717) is 17.9 Å². The van der Waals surface area contributed by atoms with Crippen LogP contribution in [0.5, 0.6) is 5.75 Å². The number of nitrogens with one attached hydrogen (secondary N) is 1. The number of furan rings is 1. The summed E-state index contributed by atoms with van der Waals surface area (Å²) in [6.45, 7) is 11.3. The summed E-state index contributed by atoms with van der Waals surface area (Å²) in [5.74, 6) is 2.71. The van der Waals surface area contributed by atoms with E-state index in [1.165, 1.54) is 5.69 Å². The van der Waals surface area contributed by atoms with Crippen LogP contribution in [0.25, 0.3) is 11.1 Å². The maximum atomic E-state index is 5.89.